The molecule has 3 aromatic rings. The van der Waals surface area contributed by atoms with Gasteiger partial charge in [-0.25, -0.2) is 0 Å². The lowest BCUT2D eigenvalue weighted by Gasteiger charge is -2.35. The monoisotopic (exact) mass is 558 g/mol. The molecule has 8 nitrogen and oxygen atoms in total. The average molecular weight is 559 g/mol. The summed E-state index contributed by atoms with van der Waals surface area (Å²) < 4.78 is 5.89. The highest BCUT2D eigenvalue weighted by molar-refractivity contribution is 5.98. The summed E-state index contributed by atoms with van der Waals surface area (Å²) in [7, 11) is 0. The lowest BCUT2D eigenvalue weighted by atomic mass is 9.95. The summed E-state index contributed by atoms with van der Waals surface area (Å²) in [4.78, 5) is 31.2. The number of aliphatic hydroxyl groups is 1. The lowest BCUT2D eigenvalue weighted by molar-refractivity contribution is -0.00286. The second kappa shape index (κ2) is 12.6. The molecule has 0 radical (unpaired) electrons. The Hall–Kier alpha value is -3.46. The molecule has 2 unspecified atom stereocenters. The molecule has 2 atom stereocenters. The minimum Gasteiger partial charge on any atom is -0.390 e. The van der Waals surface area contributed by atoms with Gasteiger partial charge in [0, 0.05) is 61.3 Å². The maximum Gasteiger partial charge on any atom is 0.253 e. The normalized spacial score (nSPS) is 19.5. The van der Waals surface area contributed by atoms with E-state index < -0.39 is 0 Å². The van der Waals surface area contributed by atoms with Crippen molar-refractivity contribution in [3.8, 4) is 11.1 Å². The van der Waals surface area contributed by atoms with Crippen molar-refractivity contribution in [1.29, 1.82) is 0 Å². The van der Waals surface area contributed by atoms with Crippen molar-refractivity contribution in [3.63, 3.8) is 0 Å². The molecule has 3 heterocycles. The van der Waals surface area contributed by atoms with Gasteiger partial charge in [0.15, 0.2) is 0 Å². The van der Waals surface area contributed by atoms with Gasteiger partial charge in [0.1, 0.15) is 0 Å². The Morgan fingerprint density at radius 1 is 1.10 bits per heavy atom. The number of aliphatic hydroxyl groups excluding tert-OH is 1. The van der Waals surface area contributed by atoms with Crippen LogP contribution in [-0.2, 0) is 17.8 Å². The SMILES string of the molecule is CCC1CC(Nc2cc(-c3ccc(CN4CC(O)C4)cc3)cc(C(=O)NCc3c(C)cc(C)[nH]c3=O)c2C)CCO1. The quantitative estimate of drug-likeness (QED) is 0.309. The first-order valence-corrected chi connectivity index (χ1v) is 14.7. The molecule has 2 aliphatic heterocycles. The fraction of sp³-hybridized carbons (Fsp3) is 0.455. The van der Waals surface area contributed by atoms with E-state index in [-0.39, 0.29) is 36.3 Å². The first kappa shape index (κ1) is 29.0. The third-order valence-electron chi connectivity index (χ3n) is 8.39. The van der Waals surface area contributed by atoms with Gasteiger partial charge in [-0.3, -0.25) is 14.5 Å². The number of likely N-dealkylation sites (tertiary alicyclic amines) is 1. The highest BCUT2D eigenvalue weighted by atomic mass is 16.5. The highest BCUT2D eigenvalue weighted by Crippen LogP contribution is 2.31. The molecule has 2 fully saturated rings. The van der Waals surface area contributed by atoms with Crippen LogP contribution < -0.4 is 16.2 Å². The maximum absolute atomic E-state index is 13.6. The molecule has 0 aliphatic carbocycles. The second-order valence-electron chi connectivity index (χ2n) is 11.6. The first-order chi connectivity index (χ1) is 19.7. The summed E-state index contributed by atoms with van der Waals surface area (Å²) in [5.74, 6) is -0.210. The van der Waals surface area contributed by atoms with Crippen LogP contribution in [0.15, 0.2) is 47.3 Å². The predicted molar refractivity (Wildman–Crippen MR) is 162 cm³/mol. The summed E-state index contributed by atoms with van der Waals surface area (Å²) in [6, 6.07) is 14.7. The number of aromatic nitrogens is 1. The van der Waals surface area contributed by atoms with E-state index >= 15 is 0 Å². The topological polar surface area (TPSA) is 107 Å². The van der Waals surface area contributed by atoms with Crippen LogP contribution >= 0.6 is 0 Å². The Bertz CT molecular complexity index is 1440. The van der Waals surface area contributed by atoms with E-state index in [1.165, 1.54) is 5.56 Å². The Balaban J connectivity index is 1.42. The van der Waals surface area contributed by atoms with Crippen LogP contribution in [0.1, 0.15) is 64.5 Å². The summed E-state index contributed by atoms with van der Waals surface area (Å²) in [6.45, 7) is 11.0. The Morgan fingerprint density at radius 3 is 2.54 bits per heavy atom. The number of H-pyrrole nitrogens is 1. The zero-order chi connectivity index (χ0) is 29.1. The van der Waals surface area contributed by atoms with Gasteiger partial charge in [-0.05, 0) is 86.1 Å². The fourth-order valence-electron chi connectivity index (χ4n) is 5.88. The minimum atomic E-state index is -0.214. The number of hydrogen-bond acceptors (Lipinski definition) is 6. The lowest BCUT2D eigenvalue weighted by Crippen LogP contribution is -2.49. The van der Waals surface area contributed by atoms with Crippen molar-refractivity contribution in [2.45, 2.75) is 78.3 Å². The molecule has 2 saturated heterocycles. The predicted octanol–water partition coefficient (Wildman–Crippen LogP) is 4.44. The van der Waals surface area contributed by atoms with Gasteiger partial charge in [-0.15, -0.1) is 0 Å². The van der Waals surface area contributed by atoms with Gasteiger partial charge in [-0.2, -0.15) is 0 Å². The zero-order valence-corrected chi connectivity index (χ0v) is 24.5. The summed E-state index contributed by atoms with van der Waals surface area (Å²) in [5, 5.41) is 16.3. The van der Waals surface area contributed by atoms with E-state index in [0.717, 1.165) is 66.0 Å². The van der Waals surface area contributed by atoms with Gasteiger partial charge in [0.05, 0.1) is 12.2 Å². The van der Waals surface area contributed by atoms with E-state index in [9.17, 15) is 14.7 Å². The van der Waals surface area contributed by atoms with Crippen LogP contribution in [0.4, 0.5) is 5.69 Å². The number of ether oxygens (including phenoxy) is 1. The smallest absolute Gasteiger partial charge is 0.253 e. The van der Waals surface area contributed by atoms with E-state index in [1.807, 2.05) is 32.9 Å². The molecule has 4 N–H and O–H groups in total. The van der Waals surface area contributed by atoms with E-state index in [0.29, 0.717) is 24.2 Å². The molecular weight excluding hydrogens is 516 g/mol. The van der Waals surface area contributed by atoms with Crippen LogP contribution in [0.3, 0.4) is 0 Å². The van der Waals surface area contributed by atoms with Gasteiger partial charge in [0.25, 0.3) is 11.5 Å². The van der Waals surface area contributed by atoms with E-state index in [1.54, 1.807) is 0 Å². The second-order valence-corrected chi connectivity index (χ2v) is 11.6. The Labute approximate surface area is 242 Å². The fourth-order valence-corrected chi connectivity index (χ4v) is 5.88. The molecule has 5 rings (SSSR count). The molecule has 0 saturated carbocycles. The van der Waals surface area contributed by atoms with Crippen molar-refractivity contribution >= 4 is 11.6 Å². The summed E-state index contributed by atoms with van der Waals surface area (Å²) >= 11 is 0. The molecule has 218 valence electrons. The molecule has 2 aliphatic rings. The minimum absolute atomic E-state index is 0.157. The number of anilines is 1. The molecule has 1 amide bonds. The zero-order valence-electron chi connectivity index (χ0n) is 24.5. The summed E-state index contributed by atoms with van der Waals surface area (Å²) in [5.41, 5.74) is 7.63. The average Bonchev–Trinajstić information content (AvgIpc) is 2.93. The van der Waals surface area contributed by atoms with Gasteiger partial charge in [-0.1, -0.05) is 31.2 Å². The first-order valence-electron chi connectivity index (χ1n) is 14.7. The molecular formula is C33H42N4O4. The van der Waals surface area contributed by atoms with Crippen LogP contribution in [0.2, 0.25) is 0 Å². The van der Waals surface area contributed by atoms with Gasteiger partial charge < -0.3 is 25.5 Å². The number of hydrogen-bond donors (Lipinski definition) is 4. The number of aryl methyl sites for hydroxylation is 2. The van der Waals surface area contributed by atoms with Crippen LogP contribution in [-0.4, -0.2) is 58.8 Å². The maximum atomic E-state index is 13.6. The van der Waals surface area contributed by atoms with Crippen LogP contribution in [0.25, 0.3) is 11.1 Å². The number of pyridine rings is 1. The number of carbonyl (C=O) groups is 1. The molecule has 0 bridgehead atoms. The van der Waals surface area contributed by atoms with Gasteiger partial charge in [0.2, 0.25) is 0 Å². The molecule has 0 spiro atoms. The third kappa shape index (κ3) is 6.89. The van der Waals surface area contributed by atoms with Crippen molar-refractivity contribution in [1.82, 2.24) is 15.2 Å². The standard InChI is InChI=1S/C33H42N4O4/c1-5-28-15-26(10-11-41-28)36-31-14-25(24-8-6-23(7-9-24)17-37-18-27(38)19-37)13-29(22(31)4)32(39)34-16-30-20(2)12-21(3)35-33(30)40/h6-9,12-14,26-28,36,38H,5,10-11,15-19H2,1-4H3,(H,34,39)(H,35,40). The van der Waals surface area contributed by atoms with E-state index in [2.05, 4.69) is 57.8 Å². The number of aromatic amines is 1. The number of nitrogens with one attached hydrogen (secondary N) is 3. The van der Waals surface area contributed by atoms with Crippen molar-refractivity contribution in [3.05, 3.63) is 86.3 Å². The highest BCUT2D eigenvalue weighted by Gasteiger charge is 2.25. The third-order valence-corrected chi connectivity index (χ3v) is 8.39. The number of nitrogens with zero attached hydrogens (tertiary/aromatic N) is 1. The number of rotatable bonds is 9. The Kier molecular flexibility index (Phi) is 8.92. The molecule has 1 aromatic heterocycles. The molecule has 41 heavy (non-hydrogen) atoms. The molecule has 8 heteroatoms. The van der Waals surface area contributed by atoms with Gasteiger partial charge >= 0.3 is 0 Å². The largest absolute Gasteiger partial charge is 0.390 e. The van der Waals surface area contributed by atoms with Crippen LogP contribution in [0.5, 0.6) is 0 Å². The van der Waals surface area contributed by atoms with Crippen molar-refractivity contribution in [2.24, 2.45) is 0 Å². The van der Waals surface area contributed by atoms with Crippen LogP contribution in [0, 0.1) is 20.8 Å². The Morgan fingerprint density at radius 2 is 1.85 bits per heavy atom. The number of amides is 1. The number of carbonyl (C=O) groups excluding carboxylic acids is 1. The van der Waals surface area contributed by atoms with E-state index in [4.69, 9.17) is 4.74 Å². The number of benzene rings is 2. The van der Waals surface area contributed by atoms with Crippen molar-refractivity contribution < 1.29 is 14.6 Å². The molecule has 2 aromatic carbocycles. The summed E-state index contributed by atoms with van der Waals surface area (Å²) in [6.07, 6.45) is 2.84. The van der Waals surface area contributed by atoms with Crippen molar-refractivity contribution in [2.75, 3.05) is 25.0 Å². The number of β-amino-alcohol motifs (C(OH)–C–C–N with tert-alkyl or cyclic N) is 1.